The van der Waals surface area contributed by atoms with E-state index in [0.29, 0.717) is 11.6 Å². The summed E-state index contributed by atoms with van der Waals surface area (Å²) >= 11 is 5.96. The number of carbonyl (C=O) groups is 1. The minimum Gasteiger partial charge on any atom is -0.349 e. The lowest BCUT2D eigenvalue weighted by molar-refractivity contribution is -0.131. The van der Waals surface area contributed by atoms with E-state index in [2.05, 4.69) is 5.32 Å². The van der Waals surface area contributed by atoms with Gasteiger partial charge in [-0.25, -0.2) is 0 Å². The predicted octanol–water partition coefficient (Wildman–Crippen LogP) is 3.70. The summed E-state index contributed by atoms with van der Waals surface area (Å²) in [7, 11) is 0. The lowest BCUT2D eigenvalue weighted by Crippen LogP contribution is -2.46. The van der Waals surface area contributed by atoms with Crippen molar-refractivity contribution in [3.8, 4) is 0 Å². The highest BCUT2D eigenvalue weighted by Gasteiger charge is 2.33. The van der Waals surface area contributed by atoms with Gasteiger partial charge in [-0.05, 0) is 37.5 Å². The zero-order chi connectivity index (χ0) is 14.5. The van der Waals surface area contributed by atoms with Crippen molar-refractivity contribution in [3.05, 3.63) is 34.9 Å². The van der Waals surface area contributed by atoms with E-state index in [0.717, 1.165) is 18.4 Å². The highest BCUT2D eigenvalue weighted by molar-refractivity contribution is 6.30. The number of halogens is 2. The number of benzene rings is 1. The lowest BCUT2D eigenvalue weighted by Gasteiger charge is -2.30. The molecule has 0 saturated heterocycles. The molecule has 3 N–H and O–H groups in total. The molecule has 20 heavy (non-hydrogen) atoms. The maximum Gasteiger partial charge on any atom is 0.227 e. The molecule has 1 atom stereocenters. The largest absolute Gasteiger partial charge is 0.349 e. The Labute approximate surface area is 132 Å². The molecule has 0 spiro atoms. The molecule has 1 unspecified atom stereocenters. The number of hydrogen-bond donors (Lipinski definition) is 2. The quantitative estimate of drug-likeness (QED) is 0.840. The van der Waals surface area contributed by atoms with Crippen LogP contribution in [0.15, 0.2) is 24.3 Å². The van der Waals surface area contributed by atoms with E-state index in [4.69, 9.17) is 17.3 Å². The van der Waals surface area contributed by atoms with E-state index < -0.39 is 5.41 Å². The number of hydrogen-bond acceptors (Lipinski definition) is 2. The van der Waals surface area contributed by atoms with Gasteiger partial charge in [0.25, 0.3) is 0 Å². The Hall–Kier alpha value is -0.770. The van der Waals surface area contributed by atoms with Gasteiger partial charge in [0.2, 0.25) is 5.91 Å². The molecule has 0 aliphatic carbocycles. The Bertz CT molecular complexity index is 425. The van der Waals surface area contributed by atoms with Crippen LogP contribution in [0.3, 0.4) is 0 Å². The van der Waals surface area contributed by atoms with Crippen LogP contribution in [0.2, 0.25) is 5.02 Å². The van der Waals surface area contributed by atoms with E-state index in [1.54, 1.807) is 0 Å². The van der Waals surface area contributed by atoms with Crippen LogP contribution in [0.4, 0.5) is 0 Å². The normalized spacial score (nSPS) is 12.4. The molecule has 5 heteroatoms. The van der Waals surface area contributed by atoms with Crippen molar-refractivity contribution < 1.29 is 4.79 Å². The summed E-state index contributed by atoms with van der Waals surface area (Å²) in [6.45, 7) is 6.32. The monoisotopic (exact) mass is 318 g/mol. The highest BCUT2D eigenvalue weighted by atomic mass is 35.5. The minimum absolute atomic E-state index is 0. The SMILES string of the molecule is CCC(CC)(CN)C(=O)NC(C)c1cccc(Cl)c1.Cl. The fourth-order valence-corrected chi connectivity index (χ4v) is 2.36. The average molecular weight is 319 g/mol. The molecule has 1 aromatic carbocycles. The summed E-state index contributed by atoms with van der Waals surface area (Å²) in [5.74, 6) is 0.0208. The van der Waals surface area contributed by atoms with Gasteiger partial charge in [0.05, 0.1) is 11.5 Å². The molecule has 1 amide bonds. The Kier molecular flexibility index (Phi) is 8.17. The summed E-state index contributed by atoms with van der Waals surface area (Å²) in [4.78, 5) is 12.4. The number of rotatable bonds is 6. The molecule has 0 bridgehead atoms. The third kappa shape index (κ3) is 4.37. The molecule has 114 valence electrons. The number of nitrogens with two attached hydrogens (primary N) is 1. The standard InChI is InChI=1S/C15H23ClN2O.ClH/c1-4-15(5-2,10-17)14(19)18-11(3)12-7-6-8-13(16)9-12;/h6-9,11H,4-5,10,17H2,1-3H3,(H,18,19);1H. The molecule has 0 aliphatic rings. The van der Waals surface area contributed by atoms with Crippen molar-refractivity contribution in [2.75, 3.05) is 6.54 Å². The zero-order valence-electron chi connectivity index (χ0n) is 12.3. The first-order chi connectivity index (χ1) is 8.99. The van der Waals surface area contributed by atoms with Crippen LogP contribution >= 0.6 is 24.0 Å². The van der Waals surface area contributed by atoms with Crippen LogP contribution in [-0.2, 0) is 4.79 Å². The van der Waals surface area contributed by atoms with Crippen molar-refractivity contribution in [1.29, 1.82) is 0 Å². The van der Waals surface area contributed by atoms with Gasteiger partial charge in [-0.1, -0.05) is 37.6 Å². The first-order valence-corrected chi connectivity index (χ1v) is 7.13. The van der Waals surface area contributed by atoms with Gasteiger partial charge >= 0.3 is 0 Å². The molecular formula is C15H24Cl2N2O. The molecular weight excluding hydrogens is 295 g/mol. The predicted molar refractivity (Wildman–Crippen MR) is 87.3 cm³/mol. The van der Waals surface area contributed by atoms with Gasteiger partial charge in [-0.15, -0.1) is 12.4 Å². The van der Waals surface area contributed by atoms with Gasteiger partial charge < -0.3 is 11.1 Å². The molecule has 0 aromatic heterocycles. The maximum atomic E-state index is 12.4. The highest BCUT2D eigenvalue weighted by Crippen LogP contribution is 2.27. The van der Waals surface area contributed by atoms with E-state index in [-0.39, 0.29) is 24.4 Å². The second kappa shape index (κ2) is 8.50. The molecule has 0 radical (unpaired) electrons. The Morgan fingerprint density at radius 3 is 2.45 bits per heavy atom. The second-order valence-corrected chi connectivity index (χ2v) is 5.38. The molecule has 1 aromatic rings. The van der Waals surface area contributed by atoms with Crippen molar-refractivity contribution >= 4 is 29.9 Å². The van der Waals surface area contributed by atoms with Gasteiger partial charge in [0.15, 0.2) is 0 Å². The van der Waals surface area contributed by atoms with Gasteiger partial charge in [0, 0.05) is 11.6 Å². The molecule has 3 nitrogen and oxygen atoms in total. The van der Waals surface area contributed by atoms with Gasteiger partial charge in [-0.2, -0.15) is 0 Å². The van der Waals surface area contributed by atoms with Crippen LogP contribution in [0, 0.1) is 5.41 Å². The Balaban J connectivity index is 0.00000361. The van der Waals surface area contributed by atoms with Gasteiger partial charge in [0.1, 0.15) is 0 Å². The van der Waals surface area contributed by atoms with Crippen LogP contribution < -0.4 is 11.1 Å². The number of amides is 1. The summed E-state index contributed by atoms with van der Waals surface area (Å²) in [6, 6.07) is 7.46. The molecule has 0 aliphatic heterocycles. The molecule has 0 heterocycles. The van der Waals surface area contributed by atoms with Crippen LogP contribution in [-0.4, -0.2) is 12.5 Å². The van der Waals surface area contributed by atoms with Gasteiger partial charge in [-0.3, -0.25) is 4.79 Å². The van der Waals surface area contributed by atoms with Crippen LogP contribution in [0.5, 0.6) is 0 Å². The first-order valence-electron chi connectivity index (χ1n) is 6.75. The third-order valence-corrected chi connectivity index (χ3v) is 4.16. The van der Waals surface area contributed by atoms with Crippen molar-refractivity contribution in [3.63, 3.8) is 0 Å². The topological polar surface area (TPSA) is 55.1 Å². The van der Waals surface area contributed by atoms with Crippen molar-refractivity contribution in [2.45, 2.75) is 39.7 Å². The third-order valence-electron chi connectivity index (χ3n) is 3.92. The summed E-state index contributed by atoms with van der Waals surface area (Å²) in [5, 5.41) is 3.72. The molecule has 1 rings (SSSR count). The summed E-state index contributed by atoms with van der Waals surface area (Å²) < 4.78 is 0. The van der Waals surface area contributed by atoms with Crippen LogP contribution in [0.1, 0.15) is 45.2 Å². The summed E-state index contributed by atoms with van der Waals surface area (Å²) in [5.41, 5.74) is 6.32. The van der Waals surface area contributed by atoms with Crippen molar-refractivity contribution in [1.82, 2.24) is 5.32 Å². The lowest BCUT2D eigenvalue weighted by atomic mass is 9.81. The van der Waals surface area contributed by atoms with Crippen LogP contribution in [0.25, 0.3) is 0 Å². The number of nitrogens with one attached hydrogen (secondary N) is 1. The first kappa shape index (κ1) is 19.2. The fraction of sp³-hybridized carbons (Fsp3) is 0.533. The zero-order valence-corrected chi connectivity index (χ0v) is 13.9. The van der Waals surface area contributed by atoms with E-state index in [1.165, 1.54) is 0 Å². The van der Waals surface area contributed by atoms with Crippen molar-refractivity contribution in [2.24, 2.45) is 11.1 Å². The Morgan fingerprint density at radius 1 is 1.40 bits per heavy atom. The minimum atomic E-state index is -0.465. The van der Waals surface area contributed by atoms with E-state index in [1.807, 2.05) is 45.0 Å². The average Bonchev–Trinajstić information content (AvgIpc) is 2.41. The second-order valence-electron chi connectivity index (χ2n) is 4.94. The fourth-order valence-electron chi connectivity index (χ4n) is 2.16. The molecule has 0 fully saturated rings. The van der Waals surface area contributed by atoms with E-state index >= 15 is 0 Å². The Morgan fingerprint density at radius 2 is 2.00 bits per heavy atom. The smallest absolute Gasteiger partial charge is 0.227 e. The molecule has 0 saturated carbocycles. The summed E-state index contributed by atoms with van der Waals surface area (Å²) in [6.07, 6.45) is 1.49. The number of carbonyl (C=O) groups excluding carboxylic acids is 1. The maximum absolute atomic E-state index is 12.4. The van der Waals surface area contributed by atoms with E-state index in [9.17, 15) is 4.79 Å².